The van der Waals surface area contributed by atoms with Crippen molar-refractivity contribution in [2.75, 3.05) is 5.73 Å². The highest BCUT2D eigenvalue weighted by Crippen LogP contribution is 2.37. The van der Waals surface area contributed by atoms with Gasteiger partial charge in [0.15, 0.2) is 11.5 Å². The Kier molecular flexibility index (Phi) is 2.19. The minimum absolute atomic E-state index is 0.195. The van der Waals surface area contributed by atoms with Crippen LogP contribution in [0.15, 0.2) is 18.3 Å². The summed E-state index contributed by atoms with van der Waals surface area (Å²) < 4.78 is 14.6. The second-order valence-electron chi connectivity index (χ2n) is 3.36. The van der Waals surface area contributed by atoms with Gasteiger partial charge < -0.3 is 15.9 Å². The van der Waals surface area contributed by atoms with Gasteiger partial charge in [-0.15, -0.1) is 0 Å². The van der Waals surface area contributed by atoms with Crippen molar-refractivity contribution in [1.29, 1.82) is 0 Å². The number of benzene rings is 1. The fourth-order valence-corrected chi connectivity index (χ4v) is 1.43. The van der Waals surface area contributed by atoms with Crippen molar-refractivity contribution in [2.24, 2.45) is 7.05 Å². The van der Waals surface area contributed by atoms with E-state index < -0.39 is 17.3 Å². The molecule has 4 N–H and O–H groups in total. The summed E-state index contributed by atoms with van der Waals surface area (Å²) in [6.07, 6.45) is 1.42. The first-order chi connectivity index (χ1) is 7.52. The Morgan fingerprint density at radius 1 is 1.31 bits per heavy atom. The van der Waals surface area contributed by atoms with E-state index in [9.17, 15) is 9.50 Å². The van der Waals surface area contributed by atoms with E-state index in [2.05, 4.69) is 5.10 Å². The van der Waals surface area contributed by atoms with E-state index in [0.29, 0.717) is 11.4 Å². The Morgan fingerprint density at radius 3 is 2.56 bits per heavy atom. The van der Waals surface area contributed by atoms with Gasteiger partial charge in [0.05, 0.1) is 6.20 Å². The Bertz CT molecular complexity index is 551. The molecule has 0 aliphatic rings. The lowest BCUT2D eigenvalue weighted by Crippen LogP contribution is -1.98. The van der Waals surface area contributed by atoms with Gasteiger partial charge in [-0.05, 0) is 12.1 Å². The Hall–Kier alpha value is -2.24. The van der Waals surface area contributed by atoms with E-state index in [1.165, 1.54) is 16.9 Å². The van der Waals surface area contributed by atoms with Crippen LogP contribution in [0.1, 0.15) is 0 Å². The lowest BCUT2D eigenvalue weighted by molar-refractivity contribution is 0.390. The molecule has 0 saturated carbocycles. The van der Waals surface area contributed by atoms with Crippen molar-refractivity contribution in [3.63, 3.8) is 0 Å². The Labute approximate surface area is 90.6 Å². The fourth-order valence-electron chi connectivity index (χ4n) is 1.43. The van der Waals surface area contributed by atoms with E-state index in [4.69, 9.17) is 10.8 Å². The molecule has 5 nitrogen and oxygen atoms in total. The number of nitrogens with two attached hydrogens (primary N) is 1. The summed E-state index contributed by atoms with van der Waals surface area (Å²) in [7, 11) is 1.63. The largest absolute Gasteiger partial charge is 0.505 e. The summed E-state index contributed by atoms with van der Waals surface area (Å²) in [5, 5.41) is 22.5. The zero-order valence-electron chi connectivity index (χ0n) is 8.48. The molecule has 84 valence electrons. The number of nitrogens with zero attached hydrogens (tertiary/aromatic N) is 2. The summed E-state index contributed by atoms with van der Waals surface area (Å²) in [5.41, 5.74) is 6.31. The maximum absolute atomic E-state index is 13.2. The molecular formula is C10H10FN3O2. The van der Waals surface area contributed by atoms with E-state index in [0.717, 1.165) is 6.07 Å². The zero-order valence-corrected chi connectivity index (χ0v) is 8.48. The molecule has 0 aliphatic carbocycles. The van der Waals surface area contributed by atoms with Gasteiger partial charge in [0.1, 0.15) is 5.82 Å². The van der Waals surface area contributed by atoms with Gasteiger partial charge in [0, 0.05) is 18.2 Å². The summed E-state index contributed by atoms with van der Waals surface area (Å²) in [6, 6.07) is 2.53. The molecule has 2 rings (SSSR count). The van der Waals surface area contributed by atoms with Crippen LogP contribution in [0.3, 0.4) is 0 Å². The molecule has 0 unspecified atom stereocenters. The number of aromatic hydroxyl groups is 2. The third-order valence-electron chi connectivity index (χ3n) is 2.37. The highest BCUT2D eigenvalue weighted by Gasteiger charge is 2.16. The number of phenols is 2. The molecule has 0 amide bonds. The van der Waals surface area contributed by atoms with Gasteiger partial charge in [-0.1, -0.05) is 0 Å². The van der Waals surface area contributed by atoms with Gasteiger partial charge >= 0.3 is 0 Å². The lowest BCUT2D eigenvalue weighted by atomic mass is 10.1. The summed E-state index contributed by atoms with van der Waals surface area (Å²) in [6.45, 7) is 0. The number of hydrogen-bond donors (Lipinski definition) is 3. The lowest BCUT2D eigenvalue weighted by Gasteiger charge is -2.05. The Morgan fingerprint density at radius 2 is 2.00 bits per heavy atom. The fraction of sp³-hybridized carbons (Fsp3) is 0.100. The molecule has 0 atom stereocenters. The molecule has 2 aromatic rings. The zero-order chi connectivity index (χ0) is 11.9. The van der Waals surface area contributed by atoms with Gasteiger partial charge in [0.2, 0.25) is 5.82 Å². The van der Waals surface area contributed by atoms with Gasteiger partial charge in [0.25, 0.3) is 0 Å². The topological polar surface area (TPSA) is 84.3 Å². The van der Waals surface area contributed by atoms with Crippen LogP contribution >= 0.6 is 0 Å². The van der Waals surface area contributed by atoms with Gasteiger partial charge in [-0.25, -0.2) is 0 Å². The number of aromatic nitrogens is 2. The minimum atomic E-state index is -1.07. The average Bonchev–Trinajstić information content (AvgIpc) is 2.58. The third-order valence-corrected chi connectivity index (χ3v) is 2.37. The van der Waals surface area contributed by atoms with Crippen LogP contribution in [-0.4, -0.2) is 20.0 Å². The smallest absolute Gasteiger partial charge is 0.206 e. The predicted molar refractivity (Wildman–Crippen MR) is 56.3 cm³/mol. The molecule has 1 aromatic carbocycles. The third kappa shape index (κ3) is 1.35. The second kappa shape index (κ2) is 3.41. The predicted octanol–water partition coefficient (Wildman–Crippen LogP) is 1.22. The maximum Gasteiger partial charge on any atom is 0.206 e. The van der Waals surface area contributed by atoms with Crippen molar-refractivity contribution in [3.8, 4) is 22.6 Å². The van der Waals surface area contributed by atoms with E-state index in [1.807, 2.05) is 0 Å². The van der Waals surface area contributed by atoms with Crippen molar-refractivity contribution >= 4 is 5.82 Å². The van der Waals surface area contributed by atoms with E-state index in [-0.39, 0.29) is 5.56 Å². The van der Waals surface area contributed by atoms with Crippen LogP contribution < -0.4 is 5.73 Å². The Balaban J connectivity index is 2.66. The van der Waals surface area contributed by atoms with Gasteiger partial charge in [-0.3, -0.25) is 4.68 Å². The second-order valence-corrected chi connectivity index (χ2v) is 3.36. The molecule has 0 spiro atoms. The van der Waals surface area contributed by atoms with Crippen molar-refractivity contribution in [3.05, 3.63) is 24.1 Å². The summed E-state index contributed by atoms with van der Waals surface area (Å²) in [5.74, 6) is -2.01. The van der Waals surface area contributed by atoms with Crippen LogP contribution in [0, 0.1) is 5.82 Å². The highest BCUT2D eigenvalue weighted by atomic mass is 19.1. The molecule has 0 fully saturated rings. The van der Waals surface area contributed by atoms with Crippen LogP contribution in [0.4, 0.5) is 10.2 Å². The van der Waals surface area contributed by atoms with Crippen LogP contribution in [0.2, 0.25) is 0 Å². The standard InChI is InChI=1S/C10H10FN3O2/c1-14-10(12)6(4-13-14)5-2-3-7(15)8(11)9(5)16/h2-4,15-16H,12H2,1H3. The SMILES string of the molecule is Cn1ncc(-c2ccc(O)c(F)c2O)c1N. The molecule has 16 heavy (non-hydrogen) atoms. The summed E-state index contributed by atoms with van der Waals surface area (Å²) >= 11 is 0. The number of hydrogen-bond acceptors (Lipinski definition) is 4. The first kappa shape index (κ1) is 10.3. The van der Waals surface area contributed by atoms with Gasteiger partial charge in [-0.2, -0.15) is 9.49 Å². The first-order valence-electron chi connectivity index (χ1n) is 4.50. The van der Waals surface area contributed by atoms with Crippen molar-refractivity contribution < 1.29 is 14.6 Å². The molecular weight excluding hydrogens is 213 g/mol. The maximum atomic E-state index is 13.2. The number of halogens is 1. The first-order valence-corrected chi connectivity index (χ1v) is 4.50. The van der Waals surface area contributed by atoms with E-state index >= 15 is 0 Å². The molecule has 0 radical (unpaired) electrons. The van der Waals surface area contributed by atoms with Crippen molar-refractivity contribution in [1.82, 2.24) is 9.78 Å². The number of rotatable bonds is 1. The molecule has 0 bridgehead atoms. The van der Waals surface area contributed by atoms with E-state index in [1.54, 1.807) is 7.05 Å². The molecule has 0 saturated heterocycles. The molecule has 0 aliphatic heterocycles. The summed E-state index contributed by atoms with van der Waals surface area (Å²) in [4.78, 5) is 0. The minimum Gasteiger partial charge on any atom is -0.505 e. The number of nitrogen functional groups attached to an aromatic ring is 1. The molecule has 1 heterocycles. The number of phenolic OH excluding ortho intramolecular Hbond substituents is 2. The average molecular weight is 223 g/mol. The van der Waals surface area contributed by atoms with Crippen LogP contribution in [-0.2, 0) is 7.05 Å². The van der Waals surface area contributed by atoms with Crippen LogP contribution in [0.25, 0.3) is 11.1 Å². The normalized spacial score (nSPS) is 10.6. The molecule has 1 aromatic heterocycles. The highest BCUT2D eigenvalue weighted by molar-refractivity contribution is 5.78. The quantitative estimate of drug-likeness (QED) is 0.678. The van der Waals surface area contributed by atoms with Crippen LogP contribution in [0.5, 0.6) is 11.5 Å². The van der Waals surface area contributed by atoms with Crippen molar-refractivity contribution in [2.45, 2.75) is 0 Å². The number of anilines is 1. The molecule has 6 heteroatoms. The monoisotopic (exact) mass is 223 g/mol. The number of aryl methyl sites for hydroxylation is 1.